The number of nitriles is 1. The van der Waals surface area contributed by atoms with Gasteiger partial charge in [-0.3, -0.25) is 9.69 Å². The van der Waals surface area contributed by atoms with Gasteiger partial charge in [0.05, 0.1) is 17.2 Å². The lowest BCUT2D eigenvalue weighted by Gasteiger charge is -2.35. The van der Waals surface area contributed by atoms with Crippen LogP contribution in [-0.4, -0.2) is 48.7 Å². The molecule has 0 atom stereocenters. The maximum atomic E-state index is 13.3. The Morgan fingerprint density at radius 1 is 0.912 bits per heavy atom. The Morgan fingerprint density at radius 3 is 2.44 bits per heavy atom. The van der Waals surface area contributed by atoms with Crippen molar-refractivity contribution >= 4 is 17.7 Å². The fraction of sp³-hybridized carbons (Fsp3) is 0.259. The number of fused-ring (bicyclic) bond motifs is 1. The number of carbonyl (C=O) groups is 1. The standard InChI is InChI=1S/C27H25N3O3S/c28-16-20-5-7-21(8-6-20)18-34-26-4-2-1-3-23(26)27(31)30-13-11-29(12-14-30)17-22-9-10-24-25(15-22)33-19-32-24/h1-10,15H,11-14,17-19H2. The Labute approximate surface area is 203 Å². The van der Waals surface area contributed by atoms with E-state index in [1.165, 1.54) is 5.56 Å². The smallest absolute Gasteiger partial charge is 0.255 e. The number of rotatable bonds is 6. The number of amides is 1. The molecule has 0 unspecified atom stereocenters. The second-order valence-electron chi connectivity index (χ2n) is 8.35. The van der Waals surface area contributed by atoms with E-state index in [-0.39, 0.29) is 12.7 Å². The van der Waals surface area contributed by atoms with Gasteiger partial charge in [0.25, 0.3) is 5.91 Å². The number of carbonyl (C=O) groups excluding carboxylic acids is 1. The first-order chi connectivity index (χ1) is 16.7. The summed E-state index contributed by atoms with van der Waals surface area (Å²) in [5.41, 5.74) is 3.73. The molecule has 0 bridgehead atoms. The minimum absolute atomic E-state index is 0.0886. The average Bonchev–Trinajstić information content (AvgIpc) is 3.36. The molecule has 172 valence electrons. The van der Waals surface area contributed by atoms with E-state index in [9.17, 15) is 4.79 Å². The average molecular weight is 472 g/mol. The highest BCUT2D eigenvalue weighted by Gasteiger charge is 2.24. The topological polar surface area (TPSA) is 65.8 Å². The van der Waals surface area contributed by atoms with Gasteiger partial charge in [0.15, 0.2) is 11.5 Å². The molecule has 1 fully saturated rings. The third-order valence-corrected chi connectivity index (χ3v) is 7.24. The molecule has 34 heavy (non-hydrogen) atoms. The van der Waals surface area contributed by atoms with Crippen LogP contribution < -0.4 is 9.47 Å². The zero-order valence-electron chi connectivity index (χ0n) is 18.8. The third kappa shape index (κ3) is 5.04. The van der Waals surface area contributed by atoms with Crippen molar-refractivity contribution in [2.24, 2.45) is 0 Å². The van der Waals surface area contributed by atoms with Crippen molar-refractivity contribution in [1.29, 1.82) is 5.26 Å². The first-order valence-electron chi connectivity index (χ1n) is 11.3. The van der Waals surface area contributed by atoms with Gasteiger partial charge in [-0.15, -0.1) is 11.8 Å². The molecule has 3 aromatic carbocycles. The maximum absolute atomic E-state index is 13.3. The lowest BCUT2D eigenvalue weighted by Crippen LogP contribution is -2.48. The molecule has 2 aliphatic heterocycles. The van der Waals surface area contributed by atoms with Gasteiger partial charge in [-0.1, -0.05) is 30.3 Å². The van der Waals surface area contributed by atoms with Crippen LogP contribution in [-0.2, 0) is 12.3 Å². The van der Waals surface area contributed by atoms with E-state index in [0.717, 1.165) is 52.9 Å². The van der Waals surface area contributed by atoms with Crippen LogP contribution in [0.1, 0.15) is 27.0 Å². The molecule has 7 heteroatoms. The zero-order chi connectivity index (χ0) is 23.3. The normalized spacial score (nSPS) is 15.2. The summed E-state index contributed by atoms with van der Waals surface area (Å²) in [4.78, 5) is 18.6. The first kappa shape index (κ1) is 22.3. The summed E-state index contributed by atoms with van der Waals surface area (Å²) >= 11 is 1.66. The molecule has 1 amide bonds. The summed E-state index contributed by atoms with van der Waals surface area (Å²) in [7, 11) is 0. The van der Waals surface area contributed by atoms with Crippen LogP contribution in [0.2, 0.25) is 0 Å². The van der Waals surface area contributed by atoms with Crippen LogP contribution in [0, 0.1) is 11.3 Å². The van der Waals surface area contributed by atoms with Gasteiger partial charge >= 0.3 is 0 Å². The number of hydrogen-bond donors (Lipinski definition) is 0. The van der Waals surface area contributed by atoms with E-state index < -0.39 is 0 Å². The molecule has 1 saturated heterocycles. The summed E-state index contributed by atoms with van der Waals surface area (Å²) in [6, 6.07) is 23.6. The van der Waals surface area contributed by atoms with Crippen molar-refractivity contribution in [1.82, 2.24) is 9.80 Å². The van der Waals surface area contributed by atoms with Gasteiger partial charge in [0.2, 0.25) is 6.79 Å². The molecule has 0 saturated carbocycles. The van der Waals surface area contributed by atoms with Crippen LogP contribution in [0.25, 0.3) is 0 Å². The lowest BCUT2D eigenvalue weighted by molar-refractivity contribution is 0.0625. The Kier molecular flexibility index (Phi) is 6.70. The highest BCUT2D eigenvalue weighted by atomic mass is 32.2. The molecule has 6 nitrogen and oxygen atoms in total. The van der Waals surface area contributed by atoms with E-state index in [4.69, 9.17) is 14.7 Å². The van der Waals surface area contributed by atoms with Gasteiger partial charge in [0.1, 0.15) is 0 Å². The van der Waals surface area contributed by atoms with Gasteiger partial charge in [-0.2, -0.15) is 5.26 Å². The van der Waals surface area contributed by atoms with Crippen molar-refractivity contribution in [3.63, 3.8) is 0 Å². The van der Waals surface area contributed by atoms with E-state index in [1.54, 1.807) is 11.8 Å². The molecule has 0 aromatic heterocycles. The van der Waals surface area contributed by atoms with Crippen molar-refractivity contribution in [2.75, 3.05) is 33.0 Å². The minimum Gasteiger partial charge on any atom is -0.454 e. The minimum atomic E-state index is 0.0886. The number of ether oxygens (including phenoxy) is 2. The van der Waals surface area contributed by atoms with Crippen molar-refractivity contribution in [3.05, 3.63) is 89.0 Å². The summed E-state index contributed by atoms with van der Waals surface area (Å²) in [5, 5.41) is 8.97. The molecule has 2 aliphatic rings. The van der Waals surface area contributed by atoms with E-state index in [1.807, 2.05) is 65.6 Å². The molecule has 3 aromatic rings. The number of benzene rings is 3. The highest BCUT2D eigenvalue weighted by molar-refractivity contribution is 7.98. The largest absolute Gasteiger partial charge is 0.454 e. The molecule has 5 rings (SSSR count). The molecular weight excluding hydrogens is 446 g/mol. The summed E-state index contributed by atoms with van der Waals surface area (Å²) in [6.45, 7) is 4.19. The fourth-order valence-corrected chi connectivity index (χ4v) is 5.18. The number of hydrogen-bond acceptors (Lipinski definition) is 6. The first-order valence-corrected chi connectivity index (χ1v) is 12.3. The van der Waals surface area contributed by atoms with Crippen molar-refractivity contribution < 1.29 is 14.3 Å². The fourth-order valence-electron chi connectivity index (χ4n) is 4.18. The predicted octanol–water partition coefficient (Wildman–Crippen LogP) is 4.54. The lowest BCUT2D eigenvalue weighted by atomic mass is 10.1. The second kappa shape index (κ2) is 10.2. The van der Waals surface area contributed by atoms with Crippen molar-refractivity contribution in [3.8, 4) is 17.6 Å². The van der Waals surface area contributed by atoms with Crippen molar-refractivity contribution in [2.45, 2.75) is 17.2 Å². The Hall–Kier alpha value is -3.47. The Bertz CT molecular complexity index is 1210. The summed E-state index contributed by atoms with van der Waals surface area (Å²) in [5.74, 6) is 2.45. The number of thioether (sulfide) groups is 1. The van der Waals surface area contributed by atoms with E-state index in [2.05, 4.69) is 17.0 Å². The quantitative estimate of drug-likeness (QED) is 0.492. The summed E-state index contributed by atoms with van der Waals surface area (Å²) < 4.78 is 10.9. The number of piperazine rings is 1. The van der Waals surface area contributed by atoms with E-state index >= 15 is 0 Å². The summed E-state index contributed by atoms with van der Waals surface area (Å²) in [6.07, 6.45) is 0. The van der Waals surface area contributed by atoms with Gasteiger partial charge in [-0.05, 0) is 47.5 Å². The van der Waals surface area contributed by atoms with Crippen LogP contribution in [0.4, 0.5) is 0 Å². The number of nitrogens with zero attached hydrogens (tertiary/aromatic N) is 3. The molecule has 2 heterocycles. The molecule has 0 spiro atoms. The third-order valence-electron chi connectivity index (χ3n) is 6.10. The van der Waals surface area contributed by atoms with Crippen LogP contribution in [0.15, 0.2) is 71.6 Å². The molecule has 0 aliphatic carbocycles. The van der Waals surface area contributed by atoms with Gasteiger partial charge in [0, 0.05) is 43.4 Å². The second-order valence-corrected chi connectivity index (χ2v) is 9.37. The van der Waals surface area contributed by atoms with Crippen LogP contribution >= 0.6 is 11.8 Å². The predicted molar refractivity (Wildman–Crippen MR) is 131 cm³/mol. The molecular formula is C27H25N3O3S. The maximum Gasteiger partial charge on any atom is 0.255 e. The Balaban J connectivity index is 1.18. The molecule has 0 N–H and O–H groups in total. The van der Waals surface area contributed by atoms with Gasteiger partial charge in [-0.25, -0.2) is 0 Å². The highest BCUT2D eigenvalue weighted by Crippen LogP contribution is 2.33. The monoisotopic (exact) mass is 471 g/mol. The Morgan fingerprint density at radius 2 is 1.65 bits per heavy atom. The van der Waals surface area contributed by atoms with Crippen LogP contribution in [0.3, 0.4) is 0 Å². The van der Waals surface area contributed by atoms with Gasteiger partial charge < -0.3 is 14.4 Å². The molecule has 0 radical (unpaired) electrons. The zero-order valence-corrected chi connectivity index (χ0v) is 19.6. The van der Waals surface area contributed by atoms with E-state index in [0.29, 0.717) is 18.7 Å². The van der Waals surface area contributed by atoms with Crippen LogP contribution in [0.5, 0.6) is 11.5 Å². The SMILES string of the molecule is N#Cc1ccc(CSc2ccccc2C(=O)N2CCN(Cc3ccc4c(c3)OCO4)CC2)cc1.